The van der Waals surface area contributed by atoms with Crippen molar-refractivity contribution < 1.29 is 18.3 Å². The molecule has 0 saturated heterocycles. The highest BCUT2D eigenvalue weighted by atomic mass is 79.9. The molecule has 1 saturated carbocycles. The molecule has 0 amide bonds. The summed E-state index contributed by atoms with van der Waals surface area (Å²) in [6.45, 7) is 2.11. The number of rotatable bonds is 4. The van der Waals surface area contributed by atoms with Gasteiger partial charge in [-0.3, -0.25) is 0 Å². The van der Waals surface area contributed by atoms with Crippen molar-refractivity contribution in [3.63, 3.8) is 0 Å². The first kappa shape index (κ1) is 15.9. The van der Waals surface area contributed by atoms with E-state index < -0.39 is 16.0 Å². The first-order chi connectivity index (χ1) is 9.29. The van der Waals surface area contributed by atoms with Crippen molar-refractivity contribution in [3.8, 4) is 0 Å². The van der Waals surface area contributed by atoms with Crippen LogP contribution in [0.3, 0.4) is 0 Å². The minimum Gasteiger partial charge on any atom is -0.477 e. The van der Waals surface area contributed by atoms with Crippen LogP contribution in [0.1, 0.15) is 42.3 Å². The Balaban J connectivity index is 2.19. The predicted molar refractivity (Wildman–Crippen MR) is 80.7 cm³/mol. The number of halogens is 1. The lowest BCUT2D eigenvalue weighted by Crippen LogP contribution is -2.37. The van der Waals surface area contributed by atoms with Gasteiger partial charge in [-0.1, -0.05) is 19.8 Å². The Morgan fingerprint density at radius 1 is 1.50 bits per heavy atom. The van der Waals surface area contributed by atoms with Crippen LogP contribution in [0.15, 0.2) is 14.7 Å². The van der Waals surface area contributed by atoms with Crippen molar-refractivity contribution in [3.05, 3.63) is 14.7 Å². The molecule has 8 heteroatoms. The summed E-state index contributed by atoms with van der Waals surface area (Å²) in [5.74, 6) is -0.611. The maximum atomic E-state index is 12.3. The van der Waals surface area contributed by atoms with E-state index in [1.807, 2.05) is 0 Å². The number of carboxylic acids is 1. The van der Waals surface area contributed by atoms with Crippen molar-refractivity contribution >= 4 is 43.3 Å². The summed E-state index contributed by atoms with van der Waals surface area (Å²) >= 11 is 4.04. The lowest BCUT2D eigenvalue weighted by Gasteiger charge is -2.27. The van der Waals surface area contributed by atoms with Gasteiger partial charge in [0.25, 0.3) is 0 Å². The standard InChI is InChI=1S/C12H16BrNO4S2/c1-7-3-2-4-8(5-7)14-20(17,18)10-6-9(12(15)16)19-11(10)13/h6-8,14H,2-5H2,1H3,(H,15,16). The number of carbonyl (C=O) groups is 1. The van der Waals surface area contributed by atoms with Gasteiger partial charge < -0.3 is 5.11 Å². The van der Waals surface area contributed by atoms with Gasteiger partial charge in [-0.2, -0.15) is 0 Å². The third-order valence-corrected chi connectivity index (χ3v) is 7.17. The van der Waals surface area contributed by atoms with Gasteiger partial charge >= 0.3 is 5.97 Å². The van der Waals surface area contributed by atoms with Crippen LogP contribution in [-0.4, -0.2) is 25.5 Å². The number of hydrogen-bond donors (Lipinski definition) is 2. The van der Waals surface area contributed by atoms with E-state index in [2.05, 4.69) is 27.6 Å². The van der Waals surface area contributed by atoms with E-state index in [0.29, 0.717) is 9.70 Å². The van der Waals surface area contributed by atoms with Gasteiger partial charge in [0.15, 0.2) is 0 Å². The van der Waals surface area contributed by atoms with Crippen LogP contribution in [0.4, 0.5) is 0 Å². The van der Waals surface area contributed by atoms with Gasteiger partial charge in [0, 0.05) is 6.04 Å². The molecule has 1 aromatic heterocycles. The molecule has 1 aromatic rings. The first-order valence-corrected chi connectivity index (χ1v) is 9.44. The zero-order valence-electron chi connectivity index (χ0n) is 10.9. The summed E-state index contributed by atoms with van der Waals surface area (Å²) in [4.78, 5) is 10.9. The largest absolute Gasteiger partial charge is 0.477 e. The van der Waals surface area contributed by atoms with Crippen LogP contribution in [0, 0.1) is 5.92 Å². The van der Waals surface area contributed by atoms with Crippen LogP contribution < -0.4 is 4.72 Å². The number of hydrogen-bond acceptors (Lipinski definition) is 4. The van der Waals surface area contributed by atoms with E-state index >= 15 is 0 Å². The molecule has 1 heterocycles. The molecule has 0 radical (unpaired) electrons. The molecule has 1 fully saturated rings. The molecule has 1 aliphatic carbocycles. The maximum Gasteiger partial charge on any atom is 0.345 e. The average molecular weight is 382 g/mol. The molecular formula is C12H16BrNO4S2. The summed E-state index contributed by atoms with van der Waals surface area (Å²) < 4.78 is 27.7. The molecule has 1 aliphatic rings. The normalized spacial score (nSPS) is 23.7. The second kappa shape index (κ2) is 6.13. The van der Waals surface area contributed by atoms with Gasteiger partial charge in [0.2, 0.25) is 10.0 Å². The summed E-state index contributed by atoms with van der Waals surface area (Å²) in [7, 11) is -3.68. The van der Waals surface area contributed by atoms with Gasteiger partial charge in [-0.05, 0) is 40.8 Å². The number of thiophene rings is 1. The van der Waals surface area contributed by atoms with Crippen molar-refractivity contribution in [2.24, 2.45) is 5.92 Å². The molecule has 0 bridgehead atoms. The first-order valence-electron chi connectivity index (χ1n) is 6.34. The highest BCUT2D eigenvalue weighted by Crippen LogP contribution is 2.32. The Hall–Kier alpha value is -0.440. The van der Waals surface area contributed by atoms with E-state index in [9.17, 15) is 13.2 Å². The Morgan fingerprint density at radius 3 is 2.75 bits per heavy atom. The molecule has 0 aliphatic heterocycles. The van der Waals surface area contributed by atoms with Crippen LogP contribution >= 0.6 is 27.3 Å². The smallest absolute Gasteiger partial charge is 0.345 e. The molecule has 2 N–H and O–H groups in total. The van der Waals surface area contributed by atoms with E-state index in [4.69, 9.17) is 5.11 Å². The number of nitrogens with one attached hydrogen (secondary N) is 1. The van der Waals surface area contributed by atoms with Gasteiger partial charge in [0.1, 0.15) is 9.77 Å². The molecule has 0 aromatic carbocycles. The van der Waals surface area contributed by atoms with E-state index in [1.165, 1.54) is 6.07 Å². The van der Waals surface area contributed by atoms with E-state index in [0.717, 1.165) is 37.0 Å². The number of sulfonamides is 1. The maximum absolute atomic E-state index is 12.3. The Labute approximate surface area is 130 Å². The fourth-order valence-corrected chi connectivity index (χ4v) is 6.15. The zero-order valence-corrected chi connectivity index (χ0v) is 14.1. The van der Waals surface area contributed by atoms with Crippen LogP contribution in [0.5, 0.6) is 0 Å². The second-order valence-electron chi connectivity index (χ2n) is 5.14. The quantitative estimate of drug-likeness (QED) is 0.839. The van der Waals surface area contributed by atoms with Crippen molar-refractivity contribution in [2.75, 3.05) is 0 Å². The van der Waals surface area contributed by atoms with Crippen molar-refractivity contribution in [1.29, 1.82) is 0 Å². The molecule has 5 nitrogen and oxygen atoms in total. The SMILES string of the molecule is CC1CCCC(NS(=O)(=O)c2cc(C(=O)O)sc2Br)C1. The number of aromatic carboxylic acids is 1. The fourth-order valence-electron chi connectivity index (χ4n) is 2.46. The Kier molecular flexibility index (Phi) is 4.88. The van der Waals surface area contributed by atoms with Gasteiger partial charge in [-0.25, -0.2) is 17.9 Å². The minimum absolute atomic E-state index is 0.00858. The highest BCUT2D eigenvalue weighted by molar-refractivity contribution is 9.11. The van der Waals surface area contributed by atoms with E-state index in [-0.39, 0.29) is 15.8 Å². The Morgan fingerprint density at radius 2 is 2.20 bits per heavy atom. The Bertz CT molecular complexity index is 611. The summed E-state index contributed by atoms with van der Waals surface area (Å²) in [6, 6.07) is 1.13. The average Bonchev–Trinajstić information content (AvgIpc) is 2.71. The van der Waals surface area contributed by atoms with Crippen LogP contribution in [-0.2, 0) is 10.0 Å². The lowest BCUT2D eigenvalue weighted by molar-refractivity contribution is 0.0702. The predicted octanol–water partition coefficient (Wildman–Crippen LogP) is 3.07. The minimum atomic E-state index is -3.68. The highest BCUT2D eigenvalue weighted by Gasteiger charge is 2.28. The summed E-state index contributed by atoms with van der Waals surface area (Å²) in [5, 5.41) is 8.92. The fraction of sp³-hybridized carbons (Fsp3) is 0.583. The molecule has 0 spiro atoms. The lowest BCUT2D eigenvalue weighted by atomic mass is 9.88. The third kappa shape index (κ3) is 3.60. The van der Waals surface area contributed by atoms with Crippen LogP contribution in [0.25, 0.3) is 0 Å². The van der Waals surface area contributed by atoms with Crippen molar-refractivity contribution in [2.45, 2.75) is 43.5 Å². The monoisotopic (exact) mass is 381 g/mol. The molecule has 2 unspecified atom stereocenters. The summed E-state index contributed by atoms with van der Waals surface area (Å²) in [6.07, 6.45) is 3.80. The van der Waals surface area contributed by atoms with Crippen molar-refractivity contribution in [1.82, 2.24) is 4.72 Å². The summed E-state index contributed by atoms with van der Waals surface area (Å²) in [5.41, 5.74) is 0. The molecule has 20 heavy (non-hydrogen) atoms. The molecule has 2 rings (SSSR count). The third-order valence-electron chi connectivity index (χ3n) is 3.41. The second-order valence-corrected chi connectivity index (χ2v) is 9.20. The number of carboxylic acid groups (broad SMARTS) is 1. The van der Waals surface area contributed by atoms with Crippen LogP contribution in [0.2, 0.25) is 0 Å². The van der Waals surface area contributed by atoms with Gasteiger partial charge in [-0.15, -0.1) is 11.3 Å². The van der Waals surface area contributed by atoms with E-state index in [1.54, 1.807) is 0 Å². The topological polar surface area (TPSA) is 83.5 Å². The molecular weight excluding hydrogens is 366 g/mol. The molecule has 2 atom stereocenters. The van der Waals surface area contributed by atoms with Gasteiger partial charge in [0.05, 0.1) is 3.79 Å². The zero-order chi connectivity index (χ0) is 14.9. The molecule has 112 valence electrons.